The molecule has 4 heteroatoms. The lowest BCUT2D eigenvalue weighted by molar-refractivity contribution is -0.207. The van der Waals surface area contributed by atoms with E-state index in [9.17, 15) is 0 Å². The second-order valence-electron chi connectivity index (χ2n) is 6.23. The van der Waals surface area contributed by atoms with Crippen LogP contribution in [0.4, 0.5) is 0 Å². The van der Waals surface area contributed by atoms with Gasteiger partial charge in [-0.1, -0.05) is 6.92 Å². The van der Waals surface area contributed by atoms with Crippen LogP contribution in [-0.4, -0.2) is 44.3 Å². The van der Waals surface area contributed by atoms with Gasteiger partial charge in [-0.3, -0.25) is 0 Å². The third-order valence-electron chi connectivity index (χ3n) is 4.51. The summed E-state index contributed by atoms with van der Waals surface area (Å²) in [4.78, 5) is 0. The molecular formula is C15H27NO3. The van der Waals surface area contributed by atoms with Crippen LogP contribution in [-0.2, 0) is 14.2 Å². The van der Waals surface area contributed by atoms with E-state index in [0.29, 0.717) is 6.04 Å². The first kappa shape index (κ1) is 13.8. The summed E-state index contributed by atoms with van der Waals surface area (Å²) in [6, 6.07) is 0.470. The molecule has 1 aliphatic heterocycles. The first-order valence-corrected chi connectivity index (χ1v) is 7.94. The van der Waals surface area contributed by atoms with Crippen LogP contribution in [0.2, 0.25) is 0 Å². The largest absolute Gasteiger partial charge is 0.376 e. The van der Waals surface area contributed by atoms with Crippen molar-refractivity contribution in [2.24, 2.45) is 5.92 Å². The first-order chi connectivity index (χ1) is 9.31. The van der Waals surface area contributed by atoms with Gasteiger partial charge in [-0.25, -0.2) is 0 Å². The minimum absolute atomic E-state index is 0.249. The number of hydrogen-bond donors (Lipinski definition) is 1. The van der Waals surface area contributed by atoms with E-state index >= 15 is 0 Å². The van der Waals surface area contributed by atoms with Gasteiger partial charge >= 0.3 is 0 Å². The Kier molecular flexibility index (Phi) is 4.42. The Hall–Kier alpha value is -0.160. The number of rotatable bonds is 6. The molecule has 110 valence electrons. The Morgan fingerprint density at radius 1 is 1.21 bits per heavy atom. The third-order valence-corrected chi connectivity index (χ3v) is 4.51. The van der Waals surface area contributed by atoms with Crippen molar-refractivity contribution in [2.45, 2.75) is 63.4 Å². The second kappa shape index (κ2) is 6.08. The zero-order chi connectivity index (χ0) is 13.1. The molecular weight excluding hydrogens is 242 g/mol. The predicted molar refractivity (Wildman–Crippen MR) is 73.0 cm³/mol. The molecule has 0 radical (unpaired) electrons. The molecule has 2 saturated carbocycles. The summed E-state index contributed by atoms with van der Waals surface area (Å²) in [5.74, 6) is 0.480. The molecule has 1 N–H and O–H groups in total. The van der Waals surface area contributed by atoms with E-state index in [2.05, 4.69) is 12.2 Å². The lowest BCUT2D eigenvalue weighted by Gasteiger charge is -2.41. The van der Waals surface area contributed by atoms with Crippen LogP contribution in [0.5, 0.6) is 0 Å². The molecule has 1 heterocycles. The Balaban J connectivity index is 1.56. The highest BCUT2D eigenvalue weighted by molar-refractivity contribution is 4.92. The van der Waals surface area contributed by atoms with Crippen molar-refractivity contribution in [2.75, 3.05) is 26.4 Å². The zero-order valence-electron chi connectivity index (χ0n) is 12.0. The van der Waals surface area contributed by atoms with Crippen molar-refractivity contribution in [3.05, 3.63) is 0 Å². The van der Waals surface area contributed by atoms with Gasteiger partial charge in [0.05, 0.1) is 19.3 Å². The fourth-order valence-electron chi connectivity index (χ4n) is 3.15. The molecule has 2 aliphatic carbocycles. The van der Waals surface area contributed by atoms with Crippen LogP contribution >= 0.6 is 0 Å². The van der Waals surface area contributed by atoms with Crippen molar-refractivity contribution in [1.29, 1.82) is 0 Å². The van der Waals surface area contributed by atoms with Gasteiger partial charge in [0.15, 0.2) is 5.79 Å². The highest BCUT2D eigenvalue weighted by Crippen LogP contribution is 2.38. The van der Waals surface area contributed by atoms with Crippen molar-refractivity contribution in [1.82, 2.24) is 5.32 Å². The summed E-state index contributed by atoms with van der Waals surface area (Å²) in [6.07, 6.45) is 7.09. The van der Waals surface area contributed by atoms with Gasteiger partial charge in [0.2, 0.25) is 0 Å². The molecule has 0 aromatic carbocycles. The first-order valence-electron chi connectivity index (χ1n) is 7.94. The van der Waals surface area contributed by atoms with Gasteiger partial charge in [-0.2, -0.15) is 0 Å². The molecule has 2 unspecified atom stereocenters. The summed E-state index contributed by atoms with van der Waals surface area (Å²) in [5, 5.41) is 3.64. The molecule has 19 heavy (non-hydrogen) atoms. The van der Waals surface area contributed by atoms with Crippen LogP contribution in [0, 0.1) is 5.92 Å². The van der Waals surface area contributed by atoms with Crippen molar-refractivity contribution < 1.29 is 14.2 Å². The third kappa shape index (κ3) is 3.48. The van der Waals surface area contributed by atoms with E-state index in [1.54, 1.807) is 0 Å². The Bertz CT molecular complexity index is 287. The fraction of sp³-hybridized carbons (Fsp3) is 1.00. The van der Waals surface area contributed by atoms with Crippen LogP contribution in [0.1, 0.15) is 45.4 Å². The average molecular weight is 269 g/mol. The van der Waals surface area contributed by atoms with Crippen LogP contribution in [0.25, 0.3) is 0 Å². The lowest BCUT2D eigenvalue weighted by atomic mass is 9.87. The zero-order valence-corrected chi connectivity index (χ0v) is 12.0. The van der Waals surface area contributed by atoms with E-state index < -0.39 is 0 Å². The van der Waals surface area contributed by atoms with Crippen LogP contribution in [0.3, 0.4) is 0 Å². The summed E-state index contributed by atoms with van der Waals surface area (Å²) in [7, 11) is 0. The van der Waals surface area contributed by atoms with E-state index in [1.807, 2.05) is 0 Å². The number of nitrogens with one attached hydrogen (secondary N) is 1. The van der Waals surface area contributed by atoms with E-state index in [-0.39, 0.29) is 11.9 Å². The Labute approximate surface area is 116 Å². The molecule has 0 aromatic rings. The molecule has 3 fully saturated rings. The molecule has 2 atom stereocenters. The SMILES string of the molecule is CCCNC1CCC2(CC1OCC1CC1)OCCO2. The monoisotopic (exact) mass is 269 g/mol. The van der Waals surface area contributed by atoms with E-state index in [1.165, 1.54) is 19.3 Å². The molecule has 0 amide bonds. The van der Waals surface area contributed by atoms with E-state index in [0.717, 1.165) is 51.5 Å². The summed E-state index contributed by atoms with van der Waals surface area (Å²) in [5.41, 5.74) is 0. The standard InChI is InChI=1S/C15H27NO3/c1-2-7-16-13-5-6-15(18-8-9-19-15)10-14(13)17-11-12-3-4-12/h12-14,16H,2-11H2,1H3. The number of ether oxygens (including phenoxy) is 3. The normalized spacial score (nSPS) is 33.9. The fourth-order valence-corrected chi connectivity index (χ4v) is 3.15. The lowest BCUT2D eigenvalue weighted by Crippen LogP contribution is -2.52. The molecule has 3 rings (SSSR count). The Morgan fingerprint density at radius 3 is 2.68 bits per heavy atom. The maximum Gasteiger partial charge on any atom is 0.171 e. The predicted octanol–water partition coefficient (Wildman–Crippen LogP) is 2.08. The Morgan fingerprint density at radius 2 is 2.00 bits per heavy atom. The smallest absolute Gasteiger partial charge is 0.171 e. The maximum atomic E-state index is 6.18. The maximum absolute atomic E-state index is 6.18. The van der Waals surface area contributed by atoms with Crippen molar-refractivity contribution in [3.63, 3.8) is 0 Å². The van der Waals surface area contributed by atoms with Crippen molar-refractivity contribution >= 4 is 0 Å². The molecule has 1 saturated heterocycles. The van der Waals surface area contributed by atoms with Gasteiger partial charge in [-0.05, 0) is 38.1 Å². The van der Waals surface area contributed by atoms with Gasteiger partial charge in [0.25, 0.3) is 0 Å². The highest BCUT2D eigenvalue weighted by atomic mass is 16.7. The van der Waals surface area contributed by atoms with Gasteiger partial charge in [-0.15, -0.1) is 0 Å². The molecule has 4 nitrogen and oxygen atoms in total. The number of hydrogen-bond acceptors (Lipinski definition) is 4. The summed E-state index contributed by atoms with van der Waals surface area (Å²) in [6.45, 7) is 5.68. The van der Waals surface area contributed by atoms with Crippen molar-refractivity contribution in [3.8, 4) is 0 Å². The molecule has 0 aromatic heterocycles. The minimum Gasteiger partial charge on any atom is -0.376 e. The second-order valence-corrected chi connectivity index (χ2v) is 6.23. The van der Waals surface area contributed by atoms with Gasteiger partial charge < -0.3 is 19.5 Å². The van der Waals surface area contributed by atoms with Gasteiger partial charge in [0, 0.05) is 25.5 Å². The minimum atomic E-state index is -0.335. The van der Waals surface area contributed by atoms with Gasteiger partial charge in [0.1, 0.15) is 0 Å². The molecule has 3 aliphatic rings. The van der Waals surface area contributed by atoms with Crippen LogP contribution < -0.4 is 5.32 Å². The quantitative estimate of drug-likeness (QED) is 0.801. The highest BCUT2D eigenvalue weighted by Gasteiger charge is 2.45. The summed E-state index contributed by atoms with van der Waals surface area (Å²) < 4.78 is 17.9. The topological polar surface area (TPSA) is 39.7 Å². The van der Waals surface area contributed by atoms with Crippen LogP contribution in [0.15, 0.2) is 0 Å². The average Bonchev–Trinajstić information content (AvgIpc) is 3.16. The molecule has 0 bridgehead atoms. The summed E-state index contributed by atoms with van der Waals surface area (Å²) >= 11 is 0. The van der Waals surface area contributed by atoms with E-state index in [4.69, 9.17) is 14.2 Å². The molecule has 1 spiro atoms.